The maximum Gasteiger partial charge on any atom is 0.151 e. The van der Waals surface area contributed by atoms with Crippen LogP contribution in [0.25, 0.3) is 0 Å². The van der Waals surface area contributed by atoms with Gasteiger partial charge in [-0.2, -0.15) is 0 Å². The van der Waals surface area contributed by atoms with E-state index < -0.39 is 15.9 Å². The summed E-state index contributed by atoms with van der Waals surface area (Å²) in [4.78, 5) is 1.91. The zero-order valence-corrected chi connectivity index (χ0v) is 13.3. The molecule has 2 atom stereocenters. The van der Waals surface area contributed by atoms with Gasteiger partial charge in [-0.3, -0.25) is 4.90 Å². The van der Waals surface area contributed by atoms with E-state index in [0.717, 1.165) is 11.3 Å². The second kappa shape index (κ2) is 6.77. The Kier molecular flexibility index (Phi) is 5.24. The van der Waals surface area contributed by atoms with Crippen LogP contribution in [0, 0.1) is 6.92 Å². The smallest absolute Gasteiger partial charge is 0.151 e. The van der Waals surface area contributed by atoms with Crippen molar-refractivity contribution in [2.75, 3.05) is 31.7 Å². The minimum absolute atomic E-state index is 0.00373. The van der Waals surface area contributed by atoms with Crippen molar-refractivity contribution >= 4 is 9.84 Å². The van der Waals surface area contributed by atoms with Gasteiger partial charge in [-0.15, -0.1) is 0 Å². The van der Waals surface area contributed by atoms with Crippen LogP contribution < -0.4 is 4.74 Å². The number of hydrogen-bond donors (Lipinski definition) is 1. The fourth-order valence-corrected chi connectivity index (χ4v) is 4.29. The molecule has 1 heterocycles. The Hall–Kier alpha value is -1.11. The van der Waals surface area contributed by atoms with E-state index in [4.69, 9.17) is 4.74 Å². The van der Waals surface area contributed by atoms with Gasteiger partial charge in [0.05, 0.1) is 11.5 Å². The van der Waals surface area contributed by atoms with E-state index in [9.17, 15) is 13.5 Å². The molecule has 0 bridgehead atoms. The van der Waals surface area contributed by atoms with Gasteiger partial charge in [-0.05, 0) is 32.5 Å². The van der Waals surface area contributed by atoms with E-state index in [2.05, 4.69) is 0 Å². The summed E-state index contributed by atoms with van der Waals surface area (Å²) in [6, 6.07) is 7.66. The van der Waals surface area contributed by atoms with Gasteiger partial charge in [-0.25, -0.2) is 8.42 Å². The molecule has 0 aliphatic carbocycles. The number of aryl methyl sites for hydroxylation is 1. The van der Waals surface area contributed by atoms with Crippen LogP contribution in [0.15, 0.2) is 24.3 Å². The number of aliphatic hydroxyl groups excluding tert-OH is 1. The summed E-state index contributed by atoms with van der Waals surface area (Å²) in [5, 5.41) is 10.0. The number of sulfone groups is 1. The van der Waals surface area contributed by atoms with E-state index in [-0.39, 0.29) is 24.2 Å². The summed E-state index contributed by atoms with van der Waals surface area (Å²) < 4.78 is 28.4. The number of ether oxygens (including phenoxy) is 1. The monoisotopic (exact) mass is 313 g/mol. The summed E-state index contributed by atoms with van der Waals surface area (Å²) in [5.41, 5.74) is 1.16. The molecule has 0 aromatic heterocycles. The lowest BCUT2D eigenvalue weighted by molar-refractivity contribution is 0.0664. The van der Waals surface area contributed by atoms with Crippen molar-refractivity contribution in [1.29, 1.82) is 0 Å². The second-order valence-electron chi connectivity index (χ2n) is 5.77. The zero-order chi connectivity index (χ0) is 15.5. The van der Waals surface area contributed by atoms with E-state index in [1.165, 1.54) is 0 Å². The van der Waals surface area contributed by atoms with Gasteiger partial charge < -0.3 is 9.84 Å². The SMILES string of the molecule is Cc1ccc(OC[C@H](O)CN(C)[C@@H]2CCS(=O)(=O)C2)cc1. The first-order valence-corrected chi connectivity index (χ1v) is 8.96. The molecule has 5 nitrogen and oxygen atoms in total. The number of benzene rings is 1. The molecule has 6 heteroatoms. The fourth-order valence-electron chi connectivity index (χ4n) is 2.48. The lowest BCUT2D eigenvalue weighted by Gasteiger charge is -2.25. The van der Waals surface area contributed by atoms with Crippen LogP contribution >= 0.6 is 0 Å². The van der Waals surface area contributed by atoms with Gasteiger partial charge in [0, 0.05) is 12.6 Å². The van der Waals surface area contributed by atoms with Crippen LogP contribution in [0.4, 0.5) is 0 Å². The van der Waals surface area contributed by atoms with Crippen LogP contribution in [0.5, 0.6) is 5.75 Å². The van der Waals surface area contributed by atoms with Crippen molar-refractivity contribution in [3.05, 3.63) is 29.8 Å². The van der Waals surface area contributed by atoms with E-state index in [1.807, 2.05) is 43.1 Å². The first-order chi connectivity index (χ1) is 9.85. The Morgan fingerprint density at radius 1 is 1.38 bits per heavy atom. The summed E-state index contributed by atoms with van der Waals surface area (Å²) in [6.45, 7) is 2.61. The number of likely N-dealkylation sites (N-methyl/N-ethyl adjacent to an activating group) is 1. The lowest BCUT2D eigenvalue weighted by Crippen LogP contribution is -2.40. The van der Waals surface area contributed by atoms with Crippen molar-refractivity contribution in [2.45, 2.75) is 25.5 Å². The quantitative estimate of drug-likeness (QED) is 0.843. The van der Waals surface area contributed by atoms with Gasteiger partial charge in [0.1, 0.15) is 18.5 Å². The Morgan fingerprint density at radius 3 is 2.62 bits per heavy atom. The van der Waals surface area contributed by atoms with Crippen LogP contribution in [-0.4, -0.2) is 62.3 Å². The molecule has 1 fully saturated rings. The van der Waals surface area contributed by atoms with Gasteiger partial charge >= 0.3 is 0 Å². The number of nitrogens with zero attached hydrogens (tertiary/aromatic N) is 1. The van der Waals surface area contributed by atoms with Crippen molar-refractivity contribution in [2.24, 2.45) is 0 Å². The minimum atomic E-state index is -2.89. The van der Waals surface area contributed by atoms with Crippen molar-refractivity contribution in [3.8, 4) is 5.75 Å². The summed E-state index contributed by atoms with van der Waals surface area (Å²) >= 11 is 0. The molecule has 1 aliphatic heterocycles. The third-order valence-corrected chi connectivity index (χ3v) is 5.54. The van der Waals surface area contributed by atoms with Gasteiger partial charge in [-0.1, -0.05) is 17.7 Å². The van der Waals surface area contributed by atoms with Gasteiger partial charge in [0.15, 0.2) is 9.84 Å². The predicted octanol–water partition coefficient (Wildman–Crippen LogP) is 0.854. The summed E-state index contributed by atoms with van der Waals surface area (Å²) in [5.74, 6) is 1.17. The summed E-state index contributed by atoms with van der Waals surface area (Å²) in [7, 11) is -1.04. The molecule has 1 N–H and O–H groups in total. The fraction of sp³-hybridized carbons (Fsp3) is 0.600. The molecule has 1 saturated heterocycles. The average molecular weight is 313 g/mol. The number of aliphatic hydroxyl groups is 1. The molecule has 0 spiro atoms. The molecular formula is C15H23NO4S. The maximum atomic E-state index is 11.5. The van der Waals surface area contributed by atoms with Crippen LogP contribution in [0.1, 0.15) is 12.0 Å². The standard InChI is InChI=1S/C15H23NO4S/c1-12-3-5-15(6-4-12)20-10-14(17)9-16(2)13-7-8-21(18,19)11-13/h3-6,13-14,17H,7-11H2,1-2H3/t13-,14-/m1/s1. The molecule has 1 aromatic rings. The van der Waals surface area contributed by atoms with Crippen LogP contribution in [0.3, 0.4) is 0 Å². The molecule has 21 heavy (non-hydrogen) atoms. The van der Waals surface area contributed by atoms with Gasteiger partial charge in [0.25, 0.3) is 0 Å². The highest BCUT2D eigenvalue weighted by Crippen LogP contribution is 2.17. The highest BCUT2D eigenvalue weighted by Gasteiger charge is 2.31. The van der Waals surface area contributed by atoms with Gasteiger partial charge in [0.2, 0.25) is 0 Å². The predicted molar refractivity (Wildman–Crippen MR) is 82.4 cm³/mol. The Morgan fingerprint density at radius 2 is 2.05 bits per heavy atom. The highest BCUT2D eigenvalue weighted by molar-refractivity contribution is 7.91. The van der Waals surface area contributed by atoms with Crippen molar-refractivity contribution in [1.82, 2.24) is 4.90 Å². The lowest BCUT2D eigenvalue weighted by atomic mass is 10.2. The molecule has 0 radical (unpaired) electrons. The largest absolute Gasteiger partial charge is 0.491 e. The topological polar surface area (TPSA) is 66.8 Å². The first kappa shape index (κ1) is 16.3. The average Bonchev–Trinajstić information content (AvgIpc) is 2.78. The van der Waals surface area contributed by atoms with Crippen molar-refractivity contribution in [3.63, 3.8) is 0 Å². The molecule has 0 amide bonds. The van der Waals surface area contributed by atoms with Crippen molar-refractivity contribution < 1.29 is 18.3 Å². The second-order valence-corrected chi connectivity index (χ2v) is 8.00. The molecule has 1 aliphatic rings. The Balaban J connectivity index is 1.76. The molecule has 118 valence electrons. The van der Waals surface area contributed by atoms with Crippen LogP contribution in [-0.2, 0) is 9.84 Å². The molecule has 0 unspecified atom stereocenters. The third kappa shape index (κ3) is 4.98. The number of hydrogen-bond acceptors (Lipinski definition) is 5. The Bertz CT molecular complexity index is 556. The first-order valence-electron chi connectivity index (χ1n) is 7.14. The molecule has 0 saturated carbocycles. The highest BCUT2D eigenvalue weighted by atomic mass is 32.2. The Labute approximate surface area is 126 Å². The van der Waals surface area contributed by atoms with E-state index in [1.54, 1.807) is 0 Å². The van der Waals surface area contributed by atoms with Crippen LogP contribution in [0.2, 0.25) is 0 Å². The maximum absolute atomic E-state index is 11.5. The third-order valence-electron chi connectivity index (χ3n) is 3.79. The zero-order valence-electron chi connectivity index (χ0n) is 12.5. The molecule has 2 rings (SSSR count). The minimum Gasteiger partial charge on any atom is -0.491 e. The summed E-state index contributed by atoms with van der Waals surface area (Å²) in [6.07, 6.45) is 0.00397. The van der Waals surface area contributed by atoms with E-state index >= 15 is 0 Å². The normalized spacial score (nSPS) is 22.4. The number of rotatable bonds is 6. The molecular weight excluding hydrogens is 290 g/mol. The molecule has 1 aromatic carbocycles. The van der Waals surface area contributed by atoms with E-state index in [0.29, 0.717) is 13.0 Å².